The molecule has 0 bridgehead atoms. The molecule has 1 aromatic heterocycles. The number of rotatable bonds is 6. The van der Waals surface area contributed by atoms with Crippen molar-refractivity contribution in [2.45, 2.75) is 45.8 Å². The van der Waals surface area contributed by atoms with Crippen LogP contribution in [0.3, 0.4) is 0 Å². The average molecular weight is 332 g/mol. The Morgan fingerprint density at radius 2 is 1.96 bits per heavy atom. The first-order chi connectivity index (χ1) is 10.6. The first-order valence-corrected chi connectivity index (χ1v) is 7.14. The van der Waals surface area contributed by atoms with Gasteiger partial charge in [0.25, 0.3) is 0 Å². The van der Waals surface area contributed by atoms with Gasteiger partial charge in [-0.05, 0) is 38.0 Å². The number of nitrogens with one attached hydrogen (secondary N) is 1. The molecule has 8 heteroatoms. The van der Waals surface area contributed by atoms with Crippen molar-refractivity contribution in [1.29, 1.82) is 0 Å². The van der Waals surface area contributed by atoms with Gasteiger partial charge in [0.05, 0.1) is 12.3 Å². The third kappa shape index (κ3) is 5.88. The molecule has 0 spiro atoms. The van der Waals surface area contributed by atoms with Crippen LogP contribution in [0, 0.1) is 13.8 Å². The molecule has 1 rings (SSSR count). The molecule has 0 saturated heterocycles. The van der Waals surface area contributed by atoms with Crippen LogP contribution in [0.15, 0.2) is 12.1 Å². The maximum Gasteiger partial charge on any atom is 0.471 e. The first-order valence-electron chi connectivity index (χ1n) is 7.14. The van der Waals surface area contributed by atoms with E-state index in [1.807, 2.05) is 6.92 Å². The highest BCUT2D eigenvalue weighted by atomic mass is 19.4. The number of unbranched alkanes of at least 4 members (excludes halogenated alkanes) is 1. The van der Waals surface area contributed by atoms with Crippen molar-refractivity contribution in [2.75, 3.05) is 6.61 Å². The molecule has 1 unspecified atom stereocenters. The number of hydrogen-bond donors (Lipinski definition) is 1. The zero-order valence-electron chi connectivity index (χ0n) is 13.2. The van der Waals surface area contributed by atoms with Crippen LogP contribution in [-0.4, -0.2) is 29.6 Å². The fourth-order valence-electron chi connectivity index (χ4n) is 1.89. The molecule has 0 aliphatic carbocycles. The van der Waals surface area contributed by atoms with E-state index in [0.717, 1.165) is 6.42 Å². The fraction of sp³-hybridized carbons (Fsp3) is 0.533. The zero-order chi connectivity index (χ0) is 17.6. The number of nitrogens with zero attached hydrogens (tertiary/aromatic N) is 1. The molecule has 23 heavy (non-hydrogen) atoms. The summed E-state index contributed by atoms with van der Waals surface area (Å²) in [5.41, 5.74) is 1.24. The van der Waals surface area contributed by atoms with Gasteiger partial charge in [-0.15, -0.1) is 0 Å². The monoisotopic (exact) mass is 332 g/mol. The Kier molecular flexibility index (Phi) is 6.53. The molecular formula is C15H19F3N2O3. The molecule has 0 saturated carbocycles. The molecule has 0 radical (unpaired) electrons. The lowest BCUT2D eigenvalue weighted by molar-refractivity contribution is -0.176. The second-order valence-corrected chi connectivity index (χ2v) is 5.14. The molecule has 0 aliphatic rings. The number of esters is 1. The molecule has 0 aromatic carbocycles. The molecule has 1 heterocycles. The summed E-state index contributed by atoms with van der Waals surface area (Å²) in [6, 6.07) is 1.55. The van der Waals surface area contributed by atoms with Crippen molar-refractivity contribution in [1.82, 2.24) is 10.3 Å². The SMILES string of the molecule is CCCCOC(=O)C(NC(=O)C(F)(F)F)c1cc(C)cc(C)n1. The van der Waals surface area contributed by atoms with Gasteiger partial charge >= 0.3 is 18.1 Å². The molecule has 1 N–H and O–H groups in total. The van der Waals surface area contributed by atoms with Crippen LogP contribution in [0.25, 0.3) is 0 Å². The van der Waals surface area contributed by atoms with Gasteiger partial charge in [0, 0.05) is 5.69 Å². The van der Waals surface area contributed by atoms with Crippen LogP contribution in [0.4, 0.5) is 13.2 Å². The van der Waals surface area contributed by atoms with Crippen molar-refractivity contribution >= 4 is 11.9 Å². The van der Waals surface area contributed by atoms with Crippen LogP contribution in [-0.2, 0) is 14.3 Å². The maximum absolute atomic E-state index is 12.5. The van der Waals surface area contributed by atoms with Crippen LogP contribution >= 0.6 is 0 Å². The third-order valence-electron chi connectivity index (χ3n) is 2.92. The quantitative estimate of drug-likeness (QED) is 0.642. The zero-order valence-corrected chi connectivity index (χ0v) is 13.2. The Labute approximate surface area is 132 Å². The number of aryl methyl sites for hydroxylation is 2. The van der Waals surface area contributed by atoms with Crippen LogP contribution in [0.1, 0.15) is 42.8 Å². The summed E-state index contributed by atoms with van der Waals surface area (Å²) in [5, 5.41) is 1.65. The van der Waals surface area contributed by atoms with Crippen LogP contribution < -0.4 is 5.32 Å². The first kappa shape index (κ1) is 18.9. The largest absolute Gasteiger partial charge is 0.471 e. The number of carbonyl (C=O) groups is 2. The summed E-state index contributed by atoms with van der Waals surface area (Å²) < 4.78 is 42.3. The third-order valence-corrected chi connectivity index (χ3v) is 2.92. The van der Waals surface area contributed by atoms with E-state index < -0.39 is 24.1 Å². The number of halogens is 3. The second kappa shape index (κ2) is 7.94. The van der Waals surface area contributed by atoms with Crippen molar-refractivity contribution < 1.29 is 27.5 Å². The average Bonchev–Trinajstić information content (AvgIpc) is 2.42. The van der Waals surface area contributed by atoms with Gasteiger partial charge in [-0.1, -0.05) is 13.3 Å². The van der Waals surface area contributed by atoms with E-state index in [0.29, 0.717) is 17.7 Å². The molecule has 5 nitrogen and oxygen atoms in total. The number of carbonyl (C=O) groups excluding carboxylic acids is 2. The van der Waals surface area contributed by atoms with Gasteiger partial charge in [0.15, 0.2) is 6.04 Å². The highest BCUT2D eigenvalue weighted by Gasteiger charge is 2.41. The maximum atomic E-state index is 12.5. The molecular weight excluding hydrogens is 313 g/mol. The van der Waals surface area contributed by atoms with E-state index in [1.54, 1.807) is 25.2 Å². The predicted octanol–water partition coefficient (Wildman–Crippen LogP) is 2.76. The summed E-state index contributed by atoms with van der Waals surface area (Å²) >= 11 is 0. The van der Waals surface area contributed by atoms with Crippen LogP contribution in [0.5, 0.6) is 0 Å². The molecule has 1 atom stereocenters. The number of alkyl halides is 3. The number of amides is 1. The lowest BCUT2D eigenvalue weighted by Gasteiger charge is -2.19. The second-order valence-electron chi connectivity index (χ2n) is 5.14. The highest BCUT2D eigenvalue weighted by Crippen LogP contribution is 2.20. The Morgan fingerprint density at radius 1 is 1.30 bits per heavy atom. The normalized spacial score (nSPS) is 12.6. The summed E-state index contributed by atoms with van der Waals surface area (Å²) in [4.78, 5) is 27.3. The Bertz CT molecular complexity index is 553. The summed E-state index contributed by atoms with van der Waals surface area (Å²) in [5.74, 6) is -3.18. The number of aromatic nitrogens is 1. The van der Waals surface area contributed by atoms with E-state index in [-0.39, 0.29) is 12.3 Å². The van der Waals surface area contributed by atoms with Gasteiger partial charge < -0.3 is 10.1 Å². The predicted molar refractivity (Wildman–Crippen MR) is 76.5 cm³/mol. The molecule has 1 aromatic rings. The lowest BCUT2D eigenvalue weighted by Crippen LogP contribution is -2.42. The molecule has 128 valence electrons. The Balaban J connectivity index is 3.05. The summed E-state index contributed by atoms with van der Waals surface area (Å²) in [7, 11) is 0. The highest BCUT2D eigenvalue weighted by molar-refractivity contribution is 5.88. The van der Waals surface area contributed by atoms with Crippen molar-refractivity contribution in [3.05, 3.63) is 29.1 Å². The van der Waals surface area contributed by atoms with Crippen molar-refractivity contribution in [3.63, 3.8) is 0 Å². The number of ether oxygens (including phenoxy) is 1. The summed E-state index contributed by atoms with van der Waals surface area (Å²) in [6.45, 7) is 5.30. The standard InChI is InChI=1S/C15H19F3N2O3/c1-4-5-6-23-13(21)12(20-14(22)15(16,17)18)11-8-9(2)7-10(3)19-11/h7-8,12H,4-6H2,1-3H3,(H,20,22). The van der Waals surface area contributed by atoms with Crippen molar-refractivity contribution in [2.24, 2.45) is 0 Å². The minimum absolute atomic E-state index is 0.0154. The Morgan fingerprint density at radius 3 is 2.48 bits per heavy atom. The van der Waals surface area contributed by atoms with E-state index in [9.17, 15) is 22.8 Å². The van der Waals surface area contributed by atoms with Gasteiger partial charge in [0.2, 0.25) is 0 Å². The molecule has 0 aliphatic heterocycles. The smallest absolute Gasteiger partial charge is 0.464 e. The van der Waals surface area contributed by atoms with E-state index in [1.165, 1.54) is 6.07 Å². The molecule has 1 amide bonds. The fourth-order valence-corrected chi connectivity index (χ4v) is 1.89. The van der Waals surface area contributed by atoms with E-state index >= 15 is 0 Å². The minimum atomic E-state index is -5.10. The lowest BCUT2D eigenvalue weighted by atomic mass is 10.1. The summed E-state index contributed by atoms with van der Waals surface area (Å²) in [6.07, 6.45) is -3.76. The number of pyridine rings is 1. The van der Waals surface area contributed by atoms with E-state index in [4.69, 9.17) is 4.74 Å². The minimum Gasteiger partial charge on any atom is -0.464 e. The van der Waals surface area contributed by atoms with Crippen molar-refractivity contribution in [3.8, 4) is 0 Å². The molecule has 0 fully saturated rings. The van der Waals surface area contributed by atoms with Crippen LogP contribution in [0.2, 0.25) is 0 Å². The van der Waals surface area contributed by atoms with E-state index in [2.05, 4.69) is 4.98 Å². The number of hydrogen-bond acceptors (Lipinski definition) is 4. The topological polar surface area (TPSA) is 68.3 Å². The van der Waals surface area contributed by atoms with Gasteiger partial charge in [-0.3, -0.25) is 9.78 Å². The van der Waals surface area contributed by atoms with Gasteiger partial charge in [-0.2, -0.15) is 13.2 Å². The Hall–Kier alpha value is -2.12. The van der Waals surface area contributed by atoms with Gasteiger partial charge in [0.1, 0.15) is 0 Å². The van der Waals surface area contributed by atoms with Gasteiger partial charge in [-0.25, -0.2) is 4.79 Å².